The highest BCUT2D eigenvalue weighted by atomic mass is 35.5. The Balaban J connectivity index is 1.59. The zero-order valence-electron chi connectivity index (χ0n) is 13.6. The summed E-state index contributed by atoms with van der Waals surface area (Å²) in [5, 5.41) is 5.49. The number of hydrogen-bond acceptors (Lipinski definition) is 5. The van der Waals surface area contributed by atoms with Crippen LogP contribution in [0.15, 0.2) is 52.4 Å². The van der Waals surface area contributed by atoms with Gasteiger partial charge in [0.05, 0.1) is 6.61 Å². The third-order valence-electron chi connectivity index (χ3n) is 4.20. The van der Waals surface area contributed by atoms with Crippen molar-refractivity contribution in [3.05, 3.63) is 53.3 Å². The number of aromatic nitrogens is 2. The second-order valence-electron chi connectivity index (χ2n) is 5.95. The van der Waals surface area contributed by atoms with Crippen molar-refractivity contribution in [3.8, 4) is 0 Å². The molecule has 130 valence electrons. The molecule has 1 saturated heterocycles. The molecule has 1 atom stereocenters. The topological polar surface area (TPSA) is 62.0 Å². The molecule has 0 aliphatic carbocycles. The second-order valence-corrected chi connectivity index (χ2v) is 7.47. The summed E-state index contributed by atoms with van der Waals surface area (Å²) in [6.45, 7) is 2.31. The number of hydrogen-bond donors (Lipinski definition) is 3. The highest BCUT2D eigenvalue weighted by molar-refractivity contribution is 7.99. The molecule has 0 saturated carbocycles. The summed E-state index contributed by atoms with van der Waals surface area (Å²) in [4.78, 5) is 15.5. The molecule has 1 aliphatic heterocycles. The van der Waals surface area contributed by atoms with Gasteiger partial charge in [0.25, 0.3) is 0 Å². The predicted molar refractivity (Wildman–Crippen MR) is 101 cm³/mol. The zero-order valence-corrected chi connectivity index (χ0v) is 15.2. The maximum absolute atomic E-state index is 6.00. The summed E-state index contributed by atoms with van der Waals surface area (Å²) in [7, 11) is 0. The van der Waals surface area contributed by atoms with Crippen LogP contribution < -0.4 is 10.8 Å². The fourth-order valence-electron chi connectivity index (χ4n) is 2.87. The number of rotatable bonds is 5. The van der Waals surface area contributed by atoms with Gasteiger partial charge in [0.1, 0.15) is 5.65 Å². The monoisotopic (exact) mass is 374 g/mol. The summed E-state index contributed by atoms with van der Waals surface area (Å²) in [5.41, 5.74) is 5.03. The molecule has 7 heteroatoms. The normalized spacial score (nSPS) is 17.9. The van der Waals surface area contributed by atoms with Crippen LogP contribution in [0.4, 0.5) is 0 Å². The Bertz CT molecular complexity index is 846. The van der Waals surface area contributed by atoms with E-state index in [1.807, 2.05) is 36.5 Å². The molecule has 0 amide bonds. The summed E-state index contributed by atoms with van der Waals surface area (Å²) in [5.74, 6) is 0. The Morgan fingerprint density at radius 1 is 1.28 bits per heavy atom. The first-order valence-corrected chi connectivity index (χ1v) is 9.46. The summed E-state index contributed by atoms with van der Waals surface area (Å²) in [6.07, 6.45) is 2.82. The van der Waals surface area contributed by atoms with Crippen molar-refractivity contribution in [1.82, 2.24) is 20.8 Å². The molecule has 3 N–H and O–H groups in total. The minimum Gasteiger partial charge on any atom is -0.341 e. The zero-order chi connectivity index (χ0) is 17.1. The van der Waals surface area contributed by atoms with Crippen LogP contribution in [0.1, 0.15) is 12.1 Å². The van der Waals surface area contributed by atoms with Gasteiger partial charge in [-0.15, -0.1) is 0 Å². The van der Waals surface area contributed by atoms with E-state index in [0.717, 1.165) is 52.8 Å². The van der Waals surface area contributed by atoms with Gasteiger partial charge in [0.15, 0.2) is 0 Å². The molecule has 3 aromatic rings. The smallest absolute Gasteiger partial charge is 0.138 e. The number of aromatic amines is 1. The lowest BCUT2D eigenvalue weighted by molar-refractivity contribution is -0.000736. The van der Waals surface area contributed by atoms with E-state index in [2.05, 4.69) is 26.8 Å². The first-order valence-electron chi connectivity index (χ1n) is 8.26. The minimum absolute atomic E-state index is 0.404. The second kappa shape index (κ2) is 7.76. The van der Waals surface area contributed by atoms with Crippen LogP contribution in [0, 0.1) is 0 Å². The van der Waals surface area contributed by atoms with E-state index in [4.69, 9.17) is 16.4 Å². The number of nitrogens with one attached hydrogen (secondary N) is 3. The number of H-pyrrole nitrogens is 1. The van der Waals surface area contributed by atoms with Crippen molar-refractivity contribution < 1.29 is 4.84 Å². The standard InChI is InChI=1S/C18H19ClN4OS/c19-12-3-5-14(6-4-12)25-17-15-2-1-8-20-18(15)23-16(17)11-21-13-7-9-24-22-10-13/h1-6,8,13,21-22H,7,9-11H2,(H,20,23). The van der Waals surface area contributed by atoms with Gasteiger partial charge in [0, 0.05) is 51.2 Å². The molecular formula is C18H19ClN4OS. The van der Waals surface area contributed by atoms with Crippen LogP contribution in [0.3, 0.4) is 0 Å². The maximum atomic E-state index is 6.00. The van der Waals surface area contributed by atoms with Crippen LogP contribution in [0.2, 0.25) is 5.02 Å². The van der Waals surface area contributed by atoms with Gasteiger partial charge < -0.3 is 15.1 Å². The van der Waals surface area contributed by atoms with Crippen molar-refractivity contribution >= 4 is 34.4 Å². The van der Waals surface area contributed by atoms with E-state index in [1.165, 1.54) is 4.90 Å². The van der Waals surface area contributed by atoms with Gasteiger partial charge in [-0.2, -0.15) is 0 Å². The van der Waals surface area contributed by atoms with Crippen molar-refractivity contribution in [1.29, 1.82) is 0 Å². The maximum Gasteiger partial charge on any atom is 0.138 e. The Kier molecular flexibility index (Phi) is 5.24. The largest absolute Gasteiger partial charge is 0.341 e. The van der Waals surface area contributed by atoms with Gasteiger partial charge in [-0.05, 0) is 42.8 Å². The number of nitrogens with zero attached hydrogens (tertiary/aromatic N) is 1. The molecule has 2 aromatic heterocycles. The predicted octanol–water partition coefficient (Wildman–Crippen LogP) is 3.75. The molecule has 1 unspecified atom stereocenters. The first kappa shape index (κ1) is 16.9. The first-order chi connectivity index (χ1) is 12.3. The average Bonchev–Trinajstić information content (AvgIpc) is 3.00. The van der Waals surface area contributed by atoms with Crippen LogP contribution >= 0.6 is 23.4 Å². The minimum atomic E-state index is 0.404. The Labute approximate surface area is 155 Å². The fourth-order valence-corrected chi connectivity index (χ4v) is 4.02. The van der Waals surface area contributed by atoms with Crippen LogP contribution in [0.25, 0.3) is 11.0 Å². The van der Waals surface area contributed by atoms with Crippen molar-refractivity contribution in [2.45, 2.75) is 28.8 Å². The molecule has 1 aliphatic rings. The van der Waals surface area contributed by atoms with Crippen LogP contribution in [-0.4, -0.2) is 29.2 Å². The summed E-state index contributed by atoms with van der Waals surface area (Å²) in [6, 6.07) is 12.4. The average molecular weight is 375 g/mol. The summed E-state index contributed by atoms with van der Waals surface area (Å²) < 4.78 is 0. The number of halogens is 1. The SMILES string of the molecule is Clc1ccc(Sc2c(CNC3CCONC3)[nH]c3ncccc23)cc1. The van der Waals surface area contributed by atoms with Gasteiger partial charge in [-0.25, -0.2) is 10.5 Å². The molecular weight excluding hydrogens is 356 g/mol. The van der Waals surface area contributed by atoms with E-state index in [9.17, 15) is 0 Å². The third kappa shape index (κ3) is 3.99. The lowest BCUT2D eigenvalue weighted by Crippen LogP contribution is -2.43. The Morgan fingerprint density at radius 2 is 2.16 bits per heavy atom. The van der Waals surface area contributed by atoms with Crippen LogP contribution in [0.5, 0.6) is 0 Å². The van der Waals surface area contributed by atoms with Gasteiger partial charge in [-0.3, -0.25) is 0 Å². The lowest BCUT2D eigenvalue weighted by Gasteiger charge is -2.23. The molecule has 1 aromatic carbocycles. The van der Waals surface area contributed by atoms with E-state index >= 15 is 0 Å². The third-order valence-corrected chi connectivity index (χ3v) is 5.63. The Hall–Kier alpha value is -1.57. The van der Waals surface area contributed by atoms with E-state index in [1.54, 1.807) is 11.8 Å². The highest BCUT2D eigenvalue weighted by Gasteiger charge is 2.17. The number of fused-ring (bicyclic) bond motifs is 1. The number of hydroxylamine groups is 1. The van der Waals surface area contributed by atoms with E-state index < -0.39 is 0 Å². The Morgan fingerprint density at radius 3 is 2.96 bits per heavy atom. The highest BCUT2D eigenvalue weighted by Crippen LogP contribution is 2.36. The van der Waals surface area contributed by atoms with Crippen molar-refractivity contribution in [3.63, 3.8) is 0 Å². The van der Waals surface area contributed by atoms with Crippen molar-refractivity contribution in [2.24, 2.45) is 0 Å². The van der Waals surface area contributed by atoms with E-state index in [-0.39, 0.29) is 0 Å². The number of benzene rings is 1. The van der Waals surface area contributed by atoms with Crippen molar-refractivity contribution in [2.75, 3.05) is 13.2 Å². The molecule has 5 nitrogen and oxygen atoms in total. The van der Waals surface area contributed by atoms with Crippen LogP contribution in [-0.2, 0) is 11.4 Å². The molecule has 25 heavy (non-hydrogen) atoms. The molecule has 0 spiro atoms. The molecule has 1 fully saturated rings. The molecule has 3 heterocycles. The summed E-state index contributed by atoms with van der Waals surface area (Å²) >= 11 is 7.74. The molecule has 0 radical (unpaired) electrons. The molecule has 4 rings (SSSR count). The molecule has 0 bridgehead atoms. The van der Waals surface area contributed by atoms with E-state index in [0.29, 0.717) is 6.04 Å². The van der Waals surface area contributed by atoms with Gasteiger partial charge >= 0.3 is 0 Å². The number of pyridine rings is 1. The lowest BCUT2D eigenvalue weighted by atomic mass is 10.2. The van der Waals surface area contributed by atoms with Gasteiger partial charge in [0.2, 0.25) is 0 Å². The fraction of sp³-hybridized carbons (Fsp3) is 0.278. The quantitative estimate of drug-likeness (QED) is 0.634. The van der Waals surface area contributed by atoms with Gasteiger partial charge in [-0.1, -0.05) is 23.4 Å².